The number of benzene rings is 1. The molecule has 1 aliphatic carbocycles. The largest absolute Gasteiger partial charge is 0.313 e. The molecule has 0 heterocycles. The molecule has 19 heavy (non-hydrogen) atoms. The summed E-state index contributed by atoms with van der Waals surface area (Å²) in [6.07, 6.45) is 2.93. The van der Waals surface area contributed by atoms with Gasteiger partial charge in [-0.1, -0.05) is 25.1 Å². The van der Waals surface area contributed by atoms with Crippen LogP contribution >= 0.6 is 0 Å². The minimum absolute atomic E-state index is 0.260. The predicted molar refractivity (Wildman–Crippen MR) is 76.4 cm³/mol. The van der Waals surface area contributed by atoms with Crippen LogP contribution in [0, 0.1) is 0 Å². The van der Waals surface area contributed by atoms with Gasteiger partial charge in [0.1, 0.15) is 0 Å². The average molecular weight is 282 g/mol. The molecule has 0 bridgehead atoms. The van der Waals surface area contributed by atoms with E-state index < -0.39 is 10.0 Å². The van der Waals surface area contributed by atoms with E-state index in [1.807, 2.05) is 26.0 Å². The van der Waals surface area contributed by atoms with Crippen LogP contribution in [-0.4, -0.2) is 20.5 Å². The summed E-state index contributed by atoms with van der Waals surface area (Å²) in [6, 6.07) is 7.18. The van der Waals surface area contributed by atoms with E-state index in [4.69, 9.17) is 0 Å². The zero-order valence-electron chi connectivity index (χ0n) is 11.6. The molecule has 0 amide bonds. The second-order valence-electron chi connectivity index (χ2n) is 5.41. The van der Waals surface area contributed by atoms with Crippen molar-refractivity contribution >= 4 is 10.0 Å². The highest BCUT2D eigenvalue weighted by Gasteiger charge is 2.36. The zero-order chi connectivity index (χ0) is 13.9. The van der Waals surface area contributed by atoms with Gasteiger partial charge in [0.25, 0.3) is 0 Å². The van der Waals surface area contributed by atoms with Gasteiger partial charge in [0, 0.05) is 12.1 Å². The van der Waals surface area contributed by atoms with E-state index in [-0.39, 0.29) is 5.54 Å². The summed E-state index contributed by atoms with van der Waals surface area (Å²) < 4.78 is 27.8. The molecule has 0 radical (unpaired) electrons. The summed E-state index contributed by atoms with van der Waals surface area (Å²) in [6.45, 7) is 5.37. The highest BCUT2D eigenvalue weighted by atomic mass is 32.2. The van der Waals surface area contributed by atoms with Gasteiger partial charge in [-0.25, -0.2) is 13.1 Å². The van der Waals surface area contributed by atoms with Gasteiger partial charge in [0.15, 0.2) is 0 Å². The minimum Gasteiger partial charge on any atom is -0.313 e. The molecule has 0 aromatic heterocycles. The third-order valence-electron chi connectivity index (χ3n) is 3.67. The Labute approximate surface area is 115 Å². The molecule has 5 heteroatoms. The molecule has 2 N–H and O–H groups in total. The monoisotopic (exact) mass is 282 g/mol. The topological polar surface area (TPSA) is 58.2 Å². The van der Waals surface area contributed by atoms with Crippen molar-refractivity contribution in [2.24, 2.45) is 0 Å². The fourth-order valence-corrected chi connectivity index (χ4v) is 4.07. The average Bonchev–Trinajstić information content (AvgIpc) is 2.34. The maximum absolute atomic E-state index is 12.5. The molecule has 0 saturated heterocycles. The molecule has 0 atom stereocenters. The fraction of sp³-hybridized carbons (Fsp3) is 0.571. The van der Waals surface area contributed by atoms with Crippen molar-refractivity contribution in [3.63, 3.8) is 0 Å². The lowest BCUT2D eigenvalue weighted by atomic mass is 9.80. The van der Waals surface area contributed by atoms with E-state index >= 15 is 0 Å². The van der Waals surface area contributed by atoms with E-state index in [0.717, 1.165) is 31.4 Å². The first-order valence-electron chi connectivity index (χ1n) is 6.79. The number of sulfonamides is 1. The van der Waals surface area contributed by atoms with Crippen LogP contribution < -0.4 is 10.0 Å². The van der Waals surface area contributed by atoms with E-state index in [1.54, 1.807) is 12.1 Å². The van der Waals surface area contributed by atoms with Gasteiger partial charge in [-0.2, -0.15) is 0 Å². The van der Waals surface area contributed by atoms with Crippen LogP contribution in [0.2, 0.25) is 0 Å². The Bertz CT molecular complexity index is 536. The smallest absolute Gasteiger partial charge is 0.241 e. The van der Waals surface area contributed by atoms with Crippen LogP contribution in [0.5, 0.6) is 0 Å². The number of rotatable bonds is 6. The van der Waals surface area contributed by atoms with Gasteiger partial charge >= 0.3 is 0 Å². The Morgan fingerprint density at radius 3 is 2.53 bits per heavy atom. The van der Waals surface area contributed by atoms with Gasteiger partial charge in [0.2, 0.25) is 10.0 Å². The Morgan fingerprint density at radius 1 is 1.26 bits per heavy atom. The summed E-state index contributed by atoms with van der Waals surface area (Å²) in [5.41, 5.74) is 0.559. The Kier molecular flexibility index (Phi) is 4.28. The maximum Gasteiger partial charge on any atom is 0.241 e. The highest BCUT2D eigenvalue weighted by Crippen LogP contribution is 2.33. The van der Waals surface area contributed by atoms with Crippen molar-refractivity contribution in [2.75, 3.05) is 6.54 Å². The summed E-state index contributed by atoms with van der Waals surface area (Å²) in [4.78, 5) is 0.393. The van der Waals surface area contributed by atoms with Gasteiger partial charge in [-0.3, -0.25) is 0 Å². The molecule has 0 unspecified atom stereocenters. The molecule has 1 aromatic rings. The SMILES string of the molecule is CCNCc1ccccc1S(=O)(=O)NC1(C)CCC1. The van der Waals surface area contributed by atoms with Gasteiger partial charge in [-0.15, -0.1) is 0 Å². The second-order valence-corrected chi connectivity index (χ2v) is 7.06. The third-order valence-corrected chi connectivity index (χ3v) is 5.40. The summed E-state index contributed by atoms with van der Waals surface area (Å²) >= 11 is 0. The highest BCUT2D eigenvalue weighted by molar-refractivity contribution is 7.89. The molecular weight excluding hydrogens is 260 g/mol. The molecule has 1 fully saturated rings. The van der Waals surface area contributed by atoms with Crippen LogP contribution in [0.4, 0.5) is 0 Å². The Morgan fingerprint density at radius 2 is 1.95 bits per heavy atom. The van der Waals surface area contributed by atoms with Gasteiger partial charge < -0.3 is 5.32 Å². The number of nitrogens with one attached hydrogen (secondary N) is 2. The zero-order valence-corrected chi connectivity index (χ0v) is 12.4. The quantitative estimate of drug-likeness (QED) is 0.839. The first-order valence-corrected chi connectivity index (χ1v) is 8.28. The Hall–Kier alpha value is -0.910. The van der Waals surface area contributed by atoms with Crippen molar-refractivity contribution in [1.29, 1.82) is 0 Å². The number of hydrogen-bond acceptors (Lipinski definition) is 3. The molecule has 4 nitrogen and oxygen atoms in total. The first kappa shape index (κ1) is 14.5. The van der Waals surface area contributed by atoms with Crippen molar-refractivity contribution in [3.05, 3.63) is 29.8 Å². The van der Waals surface area contributed by atoms with Crippen molar-refractivity contribution in [1.82, 2.24) is 10.0 Å². The first-order chi connectivity index (χ1) is 8.97. The standard InChI is InChI=1S/C14H22N2O2S/c1-3-15-11-12-7-4-5-8-13(12)19(17,18)16-14(2)9-6-10-14/h4-5,7-8,15-16H,3,6,9-11H2,1-2H3. The van der Waals surface area contributed by atoms with Crippen molar-refractivity contribution in [2.45, 2.75) is 50.1 Å². The second kappa shape index (κ2) is 5.61. The van der Waals surface area contributed by atoms with Crippen molar-refractivity contribution < 1.29 is 8.42 Å². The molecule has 0 spiro atoms. The fourth-order valence-electron chi connectivity index (χ4n) is 2.36. The van der Waals surface area contributed by atoms with Crippen LogP contribution in [0.25, 0.3) is 0 Å². The summed E-state index contributed by atoms with van der Waals surface area (Å²) in [5, 5.41) is 3.18. The van der Waals surface area contributed by atoms with Gasteiger partial charge in [0.05, 0.1) is 4.90 Å². The third kappa shape index (κ3) is 3.35. The maximum atomic E-state index is 12.5. The molecule has 1 aromatic carbocycles. The Balaban J connectivity index is 2.24. The van der Waals surface area contributed by atoms with Crippen LogP contribution in [-0.2, 0) is 16.6 Å². The lowest BCUT2D eigenvalue weighted by molar-refractivity contribution is 0.248. The molecule has 106 valence electrons. The van der Waals surface area contributed by atoms with E-state index in [9.17, 15) is 8.42 Å². The molecular formula is C14H22N2O2S. The van der Waals surface area contributed by atoms with Crippen LogP contribution in [0.1, 0.15) is 38.7 Å². The molecule has 1 aliphatic rings. The number of hydrogen-bond donors (Lipinski definition) is 2. The minimum atomic E-state index is -3.43. The lowest BCUT2D eigenvalue weighted by Crippen LogP contribution is -2.50. The van der Waals surface area contributed by atoms with E-state index in [2.05, 4.69) is 10.0 Å². The summed E-state index contributed by atoms with van der Waals surface area (Å²) in [5.74, 6) is 0. The van der Waals surface area contributed by atoms with E-state index in [1.165, 1.54) is 0 Å². The van der Waals surface area contributed by atoms with Crippen LogP contribution in [0.15, 0.2) is 29.2 Å². The van der Waals surface area contributed by atoms with E-state index in [0.29, 0.717) is 11.4 Å². The molecule has 2 rings (SSSR count). The summed E-state index contributed by atoms with van der Waals surface area (Å²) in [7, 11) is -3.43. The van der Waals surface area contributed by atoms with Crippen molar-refractivity contribution in [3.8, 4) is 0 Å². The molecule has 1 saturated carbocycles. The lowest BCUT2D eigenvalue weighted by Gasteiger charge is -2.38. The molecule has 0 aliphatic heterocycles. The predicted octanol–water partition coefficient (Wildman–Crippen LogP) is 2.02. The normalized spacial score (nSPS) is 18.0. The van der Waals surface area contributed by atoms with Crippen LogP contribution in [0.3, 0.4) is 0 Å². The van der Waals surface area contributed by atoms with Gasteiger partial charge in [-0.05, 0) is 44.4 Å².